The Bertz CT molecular complexity index is 2200. The van der Waals surface area contributed by atoms with Crippen molar-refractivity contribution in [3.8, 4) is 33.4 Å². The summed E-state index contributed by atoms with van der Waals surface area (Å²) in [6.45, 7) is 13.0. The van der Waals surface area contributed by atoms with Gasteiger partial charge in [-0.15, -0.1) is 0 Å². The molecule has 0 heteroatoms. The molecule has 8 aromatic rings. The average molecular weight is 663 g/mol. The molecule has 0 atom stereocenters. The summed E-state index contributed by atoms with van der Waals surface area (Å²) < 4.78 is 0. The van der Waals surface area contributed by atoms with E-state index in [4.69, 9.17) is 0 Å². The number of hydrogen-bond acceptors (Lipinski definition) is 0. The molecule has 0 unspecified atom stereocenters. The minimum Gasteiger partial charge on any atom is -0.0776 e. The fraction of sp³-hybridized carbons (Fsp3) is 0.137. The van der Waals surface area contributed by atoms with Crippen LogP contribution in [-0.4, -0.2) is 0 Å². The van der Waals surface area contributed by atoms with E-state index in [0.29, 0.717) is 0 Å². The van der Waals surface area contributed by atoms with Gasteiger partial charge in [0.05, 0.1) is 0 Å². The summed E-state index contributed by atoms with van der Waals surface area (Å²) in [6.07, 6.45) is 0. The van der Waals surface area contributed by atoms with E-state index < -0.39 is 0 Å². The zero-order valence-corrected chi connectivity index (χ0v) is 30.2. The Morgan fingerprint density at radius 3 is 1.02 bits per heavy atom. The Kier molecular flexibility index (Phi) is 12.0. The highest BCUT2D eigenvalue weighted by Gasteiger charge is 2.09. The molecular formula is C51H50. The lowest BCUT2D eigenvalue weighted by molar-refractivity contribution is 1.39. The van der Waals surface area contributed by atoms with E-state index in [0.717, 1.165) is 0 Å². The molecule has 0 fully saturated rings. The van der Waals surface area contributed by atoms with E-state index in [-0.39, 0.29) is 7.43 Å². The molecule has 0 N–H and O–H groups in total. The smallest absolute Gasteiger partial charge is 0.00988 e. The first-order valence-corrected chi connectivity index (χ1v) is 17.5. The summed E-state index contributed by atoms with van der Waals surface area (Å²) in [5.74, 6) is 0. The molecule has 0 spiro atoms. The van der Waals surface area contributed by atoms with Gasteiger partial charge in [0.2, 0.25) is 0 Å². The van der Waals surface area contributed by atoms with Crippen molar-refractivity contribution in [1.29, 1.82) is 0 Å². The van der Waals surface area contributed by atoms with Crippen LogP contribution in [0.4, 0.5) is 0 Å². The summed E-state index contributed by atoms with van der Waals surface area (Å²) >= 11 is 0. The molecule has 8 aromatic carbocycles. The first-order valence-electron chi connectivity index (χ1n) is 17.5. The summed E-state index contributed by atoms with van der Waals surface area (Å²) in [6, 6.07) is 60.5. The number of benzene rings is 8. The van der Waals surface area contributed by atoms with Gasteiger partial charge in [-0.2, -0.15) is 0 Å². The van der Waals surface area contributed by atoms with Crippen LogP contribution in [0.2, 0.25) is 0 Å². The topological polar surface area (TPSA) is 0 Å². The van der Waals surface area contributed by atoms with E-state index >= 15 is 0 Å². The average Bonchev–Trinajstić information content (AvgIpc) is 3.13. The van der Waals surface area contributed by atoms with Gasteiger partial charge in [0, 0.05) is 0 Å². The largest absolute Gasteiger partial charge is 0.0776 e. The van der Waals surface area contributed by atoms with Gasteiger partial charge in [0.15, 0.2) is 0 Å². The molecule has 0 aliphatic heterocycles. The lowest BCUT2D eigenvalue weighted by atomic mass is 9.92. The molecule has 0 saturated carbocycles. The van der Waals surface area contributed by atoms with Gasteiger partial charge in [-0.1, -0.05) is 182 Å². The normalized spacial score (nSPS) is 10.4. The Balaban J connectivity index is 0.000000153. The van der Waals surface area contributed by atoms with Crippen LogP contribution in [-0.2, 0) is 0 Å². The van der Waals surface area contributed by atoms with Crippen LogP contribution in [0.15, 0.2) is 170 Å². The first kappa shape index (κ1) is 36.6. The molecule has 0 radical (unpaired) electrons. The molecule has 0 saturated heterocycles. The van der Waals surface area contributed by atoms with Gasteiger partial charge >= 0.3 is 0 Å². The van der Waals surface area contributed by atoms with Crippen molar-refractivity contribution in [2.45, 2.75) is 49.0 Å². The fourth-order valence-corrected chi connectivity index (χ4v) is 6.92. The lowest BCUT2D eigenvalue weighted by Gasteiger charge is -2.12. The van der Waals surface area contributed by atoms with Crippen molar-refractivity contribution < 1.29 is 0 Å². The van der Waals surface area contributed by atoms with Gasteiger partial charge in [0.25, 0.3) is 0 Å². The molecular weight excluding hydrogens is 613 g/mol. The van der Waals surface area contributed by atoms with Crippen molar-refractivity contribution in [2.24, 2.45) is 0 Å². The third-order valence-electron chi connectivity index (χ3n) is 9.46. The molecule has 0 aliphatic rings. The zero-order valence-electron chi connectivity index (χ0n) is 30.2. The third kappa shape index (κ3) is 8.54. The van der Waals surface area contributed by atoms with Gasteiger partial charge < -0.3 is 0 Å². The molecule has 0 aliphatic carbocycles. The van der Waals surface area contributed by atoms with E-state index in [9.17, 15) is 0 Å². The van der Waals surface area contributed by atoms with Gasteiger partial charge in [-0.25, -0.2) is 0 Å². The van der Waals surface area contributed by atoms with Gasteiger partial charge in [-0.3, -0.25) is 0 Å². The minimum atomic E-state index is 0. The second kappa shape index (κ2) is 16.8. The molecule has 0 bridgehead atoms. The van der Waals surface area contributed by atoms with E-state index in [1.807, 2.05) is 0 Å². The second-order valence-electron chi connectivity index (χ2n) is 13.3. The minimum absolute atomic E-state index is 0. The molecule has 0 nitrogen and oxygen atoms in total. The van der Waals surface area contributed by atoms with Crippen molar-refractivity contribution >= 4 is 21.5 Å². The lowest BCUT2D eigenvalue weighted by Crippen LogP contribution is -1.86. The molecule has 8 rings (SSSR count). The quantitative estimate of drug-likeness (QED) is 0.165. The fourth-order valence-electron chi connectivity index (χ4n) is 6.92. The van der Waals surface area contributed by atoms with Crippen LogP contribution in [0.3, 0.4) is 0 Å². The standard InChI is InChI=1S/C22H18.2C14H14.CH4/c1-15-11-16(2)13-18(12-15)22-14-17-7-3-4-8-19(17)20-9-5-6-10-21(20)22;2*1-11-7-3-5-9-13(11)14-10-6-4-8-12(14)2;/h3-14H,1-2H3;2*3-10H,1-2H3;1H4. The Hall–Kier alpha value is -5.72. The summed E-state index contributed by atoms with van der Waals surface area (Å²) in [4.78, 5) is 0. The van der Waals surface area contributed by atoms with Gasteiger partial charge in [-0.05, 0) is 125 Å². The predicted octanol–water partition coefficient (Wildman–Crippen LogP) is 14.9. The molecule has 51 heavy (non-hydrogen) atoms. The predicted molar refractivity (Wildman–Crippen MR) is 226 cm³/mol. The Morgan fingerprint density at radius 1 is 0.275 bits per heavy atom. The van der Waals surface area contributed by atoms with Gasteiger partial charge in [0.1, 0.15) is 0 Å². The number of rotatable bonds is 3. The summed E-state index contributed by atoms with van der Waals surface area (Å²) in [7, 11) is 0. The van der Waals surface area contributed by atoms with Crippen LogP contribution in [0.25, 0.3) is 54.9 Å². The second-order valence-corrected chi connectivity index (χ2v) is 13.3. The van der Waals surface area contributed by atoms with Crippen molar-refractivity contribution in [1.82, 2.24) is 0 Å². The maximum Gasteiger partial charge on any atom is -0.00988 e. The number of aryl methyl sites for hydroxylation is 6. The maximum atomic E-state index is 2.33. The molecule has 0 aromatic heterocycles. The Morgan fingerprint density at radius 2 is 0.608 bits per heavy atom. The SMILES string of the molecule is C.Cc1cc(C)cc(-c2cc3ccccc3c3ccccc23)c1.Cc1ccccc1-c1ccccc1C.Cc1ccccc1-c1ccccc1C. The zero-order chi connectivity index (χ0) is 35.0. The first-order chi connectivity index (χ1) is 24.3. The van der Waals surface area contributed by atoms with E-state index in [2.05, 4.69) is 211 Å². The van der Waals surface area contributed by atoms with Crippen LogP contribution in [0, 0.1) is 41.5 Å². The Labute approximate surface area is 306 Å². The highest BCUT2D eigenvalue weighted by molar-refractivity contribution is 6.13. The number of hydrogen-bond donors (Lipinski definition) is 0. The van der Waals surface area contributed by atoms with Crippen LogP contribution in [0.1, 0.15) is 40.8 Å². The van der Waals surface area contributed by atoms with Crippen LogP contribution < -0.4 is 0 Å². The van der Waals surface area contributed by atoms with Crippen molar-refractivity contribution in [3.63, 3.8) is 0 Å². The molecule has 0 amide bonds. The third-order valence-corrected chi connectivity index (χ3v) is 9.46. The monoisotopic (exact) mass is 662 g/mol. The summed E-state index contributed by atoms with van der Waals surface area (Å²) in [5, 5.41) is 5.28. The highest BCUT2D eigenvalue weighted by atomic mass is 14.1. The van der Waals surface area contributed by atoms with E-state index in [1.54, 1.807) is 0 Å². The highest BCUT2D eigenvalue weighted by Crippen LogP contribution is 2.35. The van der Waals surface area contributed by atoms with Crippen molar-refractivity contribution in [2.75, 3.05) is 0 Å². The van der Waals surface area contributed by atoms with Crippen LogP contribution in [0.5, 0.6) is 0 Å². The van der Waals surface area contributed by atoms with Crippen molar-refractivity contribution in [3.05, 3.63) is 203 Å². The number of fused-ring (bicyclic) bond motifs is 3. The molecule has 254 valence electrons. The van der Waals surface area contributed by atoms with Crippen LogP contribution >= 0.6 is 0 Å². The summed E-state index contributed by atoms with van der Waals surface area (Å²) in [5.41, 5.74) is 15.9. The van der Waals surface area contributed by atoms with E-state index in [1.165, 1.54) is 88.3 Å². The molecule has 0 heterocycles. The maximum absolute atomic E-state index is 2.33.